The lowest BCUT2D eigenvalue weighted by Gasteiger charge is -2.23. The Kier molecular flexibility index (Phi) is 5.25. The highest BCUT2D eigenvalue weighted by Crippen LogP contribution is 2.47. The Hall–Kier alpha value is -2.79. The molecule has 2 aliphatic rings. The molecule has 11 heteroatoms. The van der Waals surface area contributed by atoms with Gasteiger partial charge >= 0.3 is 0 Å². The maximum Gasteiger partial charge on any atom is 0.249 e. The van der Waals surface area contributed by atoms with E-state index in [9.17, 15) is 8.42 Å². The van der Waals surface area contributed by atoms with E-state index in [4.69, 9.17) is 9.84 Å². The van der Waals surface area contributed by atoms with E-state index < -0.39 is 9.84 Å². The maximum atomic E-state index is 12.4. The Morgan fingerprint density at radius 2 is 2.00 bits per heavy atom. The van der Waals surface area contributed by atoms with Crippen LogP contribution in [-0.4, -0.2) is 50.6 Å². The van der Waals surface area contributed by atoms with Gasteiger partial charge in [0.05, 0.1) is 6.33 Å². The molecule has 3 aromatic heterocycles. The fraction of sp³-hybridized carbons (Fsp3) is 0.524. The van der Waals surface area contributed by atoms with Crippen LogP contribution in [0.15, 0.2) is 23.7 Å². The zero-order valence-electron chi connectivity index (χ0n) is 18.4. The van der Waals surface area contributed by atoms with Crippen LogP contribution in [-0.2, 0) is 21.6 Å². The van der Waals surface area contributed by atoms with Crippen molar-refractivity contribution in [2.24, 2.45) is 7.05 Å². The van der Waals surface area contributed by atoms with Gasteiger partial charge in [-0.3, -0.25) is 0 Å². The number of nitrogens with one attached hydrogen (secondary N) is 1. The average molecular weight is 458 g/mol. The summed E-state index contributed by atoms with van der Waals surface area (Å²) >= 11 is 0. The van der Waals surface area contributed by atoms with Gasteiger partial charge in [0.1, 0.15) is 17.2 Å². The van der Waals surface area contributed by atoms with Crippen LogP contribution in [0.1, 0.15) is 55.5 Å². The highest BCUT2D eigenvalue weighted by molar-refractivity contribution is 7.90. The number of sulfone groups is 1. The minimum absolute atomic E-state index is 0.0803. The molecule has 4 heterocycles. The predicted molar refractivity (Wildman–Crippen MR) is 118 cm³/mol. The summed E-state index contributed by atoms with van der Waals surface area (Å²) in [6.07, 6.45) is 9.64. The van der Waals surface area contributed by atoms with Gasteiger partial charge < -0.3 is 14.6 Å². The van der Waals surface area contributed by atoms with Crippen LogP contribution in [0.25, 0.3) is 11.4 Å². The third kappa shape index (κ3) is 4.14. The van der Waals surface area contributed by atoms with Crippen molar-refractivity contribution >= 4 is 21.5 Å². The summed E-state index contributed by atoms with van der Waals surface area (Å²) in [6.45, 7) is 2.72. The number of aromatic nitrogens is 6. The zero-order valence-corrected chi connectivity index (χ0v) is 19.3. The van der Waals surface area contributed by atoms with Crippen LogP contribution >= 0.6 is 0 Å². The number of imidazole rings is 1. The van der Waals surface area contributed by atoms with Gasteiger partial charge in [-0.15, -0.1) is 0 Å². The molecule has 0 aromatic carbocycles. The highest BCUT2D eigenvalue weighted by atomic mass is 32.2. The first-order valence-corrected chi connectivity index (χ1v) is 12.7. The van der Waals surface area contributed by atoms with Gasteiger partial charge in [0.2, 0.25) is 15.0 Å². The summed E-state index contributed by atoms with van der Waals surface area (Å²) in [5.41, 5.74) is 3.03. The van der Waals surface area contributed by atoms with Crippen molar-refractivity contribution in [1.29, 1.82) is 0 Å². The van der Waals surface area contributed by atoms with Crippen LogP contribution in [0.3, 0.4) is 0 Å². The summed E-state index contributed by atoms with van der Waals surface area (Å²) in [5, 5.41) is 7.76. The lowest BCUT2D eigenvalue weighted by atomic mass is 10.1. The van der Waals surface area contributed by atoms with Crippen LogP contribution in [0.2, 0.25) is 0 Å². The Morgan fingerprint density at radius 3 is 2.62 bits per heavy atom. The molecule has 0 spiro atoms. The first kappa shape index (κ1) is 21.1. The number of ether oxygens (including phenoxy) is 1. The van der Waals surface area contributed by atoms with E-state index in [1.807, 2.05) is 35.5 Å². The van der Waals surface area contributed by atoms with Gasteiger partial charge in [0.15, 0.2) is 12.0 Å². The zero-order chi connectivity index (χ0) is 22.5. The van der Waals surface area contributed by atoms with E-state index in [0.29, 0.717) is 23.0 Å². The summed E-state index contributed by atoms with van der Waals surface area (Å²) < 4.78 is 34.3. The fourth-order valence-corrected chi connectivity index (χ4v) is 4.59. The molecule has 170 valence electrons. The first-order valence-electron chi connectivity index (χ1n) is 10.8. The smallest absolute Gasteiger partial charge is 0.249 e. The molecule has 0 radical (unpaired) electrons. The van der Waals surface area contributed by atoms with Gasteiger partial charge in [-0.2, -0.15) is 5.10 Å². The van der Waals surface area contributed by atoms with Crippen LogP contribution < -0.4 is 5.32 Å². The molecule has 10 nitrogen and oxygen atoms in total. The van der Waals surface area contributed by atoms with Crippen molar-refractivity contribution in [1.82, 2.24) is 29.3 Å². The number of hydrogen-bond acceptors (Lipinski definition) is 8. The molecule has 1 saturated carbocycles. The predicted octanol–water partition coefficient (Wildman–Crippen LogP) is 3.11. The minimum Gasteiger partial charge on any atom is -0.357 e. The summed E-state index contributed by atoms with van der Waals surface area (Å²) in [7, 11) is -1.76. The maximum absolute atomic E-state index is 12.4. The Balaban J connectivity index is 1.59. The van der Waals surface area contributed by atoms with Crippen LogP contribution in [0, 0.1) is 6.92 Å². The van der Waals surface area contributed by atoms with E-state index in [1.54, 1.807) is 6.33 Å². The summed E-state index contributed by atoms with van der Waals surface area (Å²) in [4.78, 5) is 13.3. The molecule has 0 bridgehead atoms. The second-order valence-corrected chi connectivity index (χ2v) is 10.6. The van der Waals surface area contributed by atoms with Crippen LogP contribution in [0.5, 0.6) is 0 Å². The first-order chi connectivity index (χ1) is 15.3. The number of hydrogen-bond donors (Lipinski definition) is 1. The quantitative estimate of drug-likeness (QED) is 0.561. The number of anilines is 2. The van der Waals surface area contributed by atoms with Gasteiger partial charge in [-0.05, 0) is 44.9 Å². The molecule has 32 heavy (non-hydrogen) atoms. The van der Waals surface area contributed by atoms with Gasteiger partial charge in [0.25, 0.3) is 0 Å². The van der Waals surface area contributed by atoms with E-state index in [1.165, 1.54) is 0 Å². The Bertz CT molecular complexity index is 1250. The molecule has 5 rings (SSSR count). The van der Waals surface area contributed by atoms with Crippen LogP contribution in [0.4, 0.5) is 11.6 Å². The standard InChI is InChI=1S/C21H27N7O3S/c1-13-10-16(26-28(13)17-6-4-5-9-31-17)23-20-18(14-7-8-14)19(15-11-27(2)12-22-15)24-21(25-20)32(3,29)30/h10-12,14,17H,4-9H2,1-3H3,(H,23,24,25,26). The minimum atomic E-state index is -3.63. The molecule has 1 unspecified atom stereocenters. The summed E-state index contributed by atoms with van der Waals surface area (Å²) in [6, 6.07) is 1.93. The van der Waals surface area contributed by atoms with Gasteiger partial charge in [-0.25, -0.2) is 28.1 Å². The van der Waals surface area contributed by atoms with Crippen molar-refractivity contribution in [2.45, 2.75) is 56.3 Å². The normalized spacial score (nSPS) is 19.3. The molecule has 2 fully saturated rings. The Morgan fingerprint density at radius 1 is 1.19 bits per heavy atom. The third-order valence-electron chi connectivity index (χ3n) is 5.79. The molecule has 1 aliphatic heterocycles. The van der Waals surface area contributed by atoms with Gasteiger partial charge in [-0.1, -0.05) is 0 Å². The summed E-state index contributed by atoms with van der Waals surface area (Å²) in [5.74, 6) is 1.33. The average Bonchev–Trinajstić information content (AvgIpc) is 3.39. The number of nitrogens with zero attached hydrogens (tertiary/aromatic N) is 6. The van der Waals surface area contributed by atoms with E-state index in [2.05, 4.69) is 20.3 Å². The van der Waals surface area contributed by atoms with Crippen molar-refractivity contribution in [3.05, 3.63) is 29.8 Å². The van der Waals surface area contributed by atoms with Crippen molar-refractivity contribution in [2.75, 3.05) is 18.2 Å². The van der Waals surface area contributed by atoms with Crippen molar-refractivity contribution in [3.63, 3.8) is 0 Å². The number of rotatable bonds is 6. The molecule has 1 aliphatic carbocycles. The molecule has 1 atom stereocenters. The highest BCUT2D eigenvalue weighted by Gasteiger charge is 2.34. The second kappa shape index (κ2) is 7.96. The second-order valence-electron chi connectivity index (χ2n) is 8.65. The number of aryl methyl sites for hydroxylation is 2. The van der Waals surface area contributed by atoms with Gasteiger partial charge in [0, 0.05) is 43.4 Å². The molecular formula is C21H27N7O3S. The lowest BCUT2D eigenvalue weighted by Crippen LogP contribution is -2.20. The van der Waals surface area contributed by atoms with E-state index in [-0.39, 0.29) is 17.3 Å². The molecular weight excluding hydrogens is 430 g/mol. The van der Waals surface area contributed by atoms with E-state index >= 15 is 0 Å². The molecule has 1 N–H and O–H groups in total. The lowest BCUT2D eigenvalue weighted by molar-refractivity contribution is -0.0404. The van der Waals surface area contributed by atoms with E-state index in [0.717, 1.165) is 56.2 Å². The third-order valence-corrected chi connectivity index (χ3v) is 6.63. The van der Waals surface area contributed by atoms with Crippen molar-refractivity contribution < 1.29 is 13.2 Å². The SMILES string of the molecule is Cc1cc(Nc2nc(S(C)(=O)=O)nc(-c3cn(C)cn3)c2C2CC2)nn1C1CCCCO1. The largest absolute Gasteiger partial charge is 0.357 e. The Labute approximate surface area is 187 Å². The molecule has 0 amide bonds. The van der Waals surface area contributed by atoms with Crippen molar-refractivity contribution in [3.8, 4) is 11.4 Å². The molecule has 1 saturated heterocycles. The monoisotopic (exact) mass is 457 g/mol. The molecule has 3 aromatic rings. The topological polar surface area (TPSA) is 117 Å². The fourth-order valence-electron chi connectivity index (χ4n) is 4.08.